The van der Waals surface area contributed by atoms with E-state index in [1.54, 1.807) is 24.3 Å². The van der Waals surface area contributed by atoms with Crippen LogP contribution < -0.4 is 10.6 Å². The Morgan fingerprint density at radius 3 is 1.91 bits per heavy atom. The SMILES string of the molecule is CC(NC(=O)N[C@@H](CCC(=O)OCc1ccccc1)C(=O)OCc1ccccc1)C(=O)O. The van der Waals surface area contributed by atoms with E-state index < -0.39 is 36.0 Å². The van der Waals surface area contributed by atoms with Crippen LogP contribution in [0.5, 0.6) is 0 Å². The normalized spacial score (nSPS) is 12.2. The van der Waals surface area contributed by atoms with Gasteiger partial charge >= 0.3 is 23.9 Å². The Kier molecular flexibility index (Phi) is 9.70. The van der Waals surface area contributed by atoms with E-state index >= 15 is 0 Å². The maximum atomic E-state index is 12.5. The number of hydrogen-bond donors (Lipinski definition) is 3. The summed E-state index contributed by atoms with van der Waals surface area (Å²) in [7, 11) is 0. The van der Waals surface area contributed by atoms with Crippen LogP contribution >= 0.6 is 0 Å². The third-order valence-electron chi connectivity index (χ3n) is 4.41. The molecule has 9 nitrogen and oxygen atoms in total. The van der Waals surface area contributed by atoms with Crippen molar-refractivity contribution in [3.05, 3.63) is 71.8 Å². The van der Waals surface area contributed by atoms with E-state index in [1.807, 2.05) is 36.4 Å². The van der Waals surface area contributed by atoms with E-state index in [9.17, 15) is 19.2 Å². The van der Waals surface area contributed by atoms with Crippen LogP contribution in [0.1, 0.15) is 30.9 Å². The van der Waals surface area contributed by atoms with Gasteiger partial charge in [-0.05, 0) is 24.5 Å². The number of carboxylic acid groups (broad SMARTS) is 1. The molecule has 0 saturated heterocycles. The fraction of sp³-hybridized carbons (Fsp3) is 0.304. The monoisotopic (exact) mass is 442 g/mol. The molecule has 0 aromatic heterocycles. The van der Waals surface area contributed by atoms with Crippen LogP contribution in [0.4, 0.5) is 4.79 Å². The molecule has 1 unspecified atom stereocenters. The van der Waals surface area contributed by atoms with Gasteiger partial charge in [0.1, 0.15) is 25.3 Å². The van der Waals surface area contributed by atoms with Gasteiger partial charge in [0, 0.05) is 6.42 Å². The average Bonchev–Trinajstić information content (AvgIpc) is 2.80. The number of ether oxygens (including phenoxy) is 2. The fourth-order valence-electron chi connectivity index (χ4n) is 2.61. The van der Waals surface area contributed by atoms with Crippen LogP contribution in [0.2, 0.25) is 0 Å². The minimum Gasteiger partial charge on any atom is -0.480 e. The van der Waals surface area contributed by atoms with Crippen LogP contribution in [0.25, 0.3) is 0 Å². The van der Waals surface area contributed by atoms with Crippen molar-refractivity contribution in [3.8, 4) is 0 Å². The molecule has 0 heterocycles. The number of carboxylic acids is 1. The molecule has 0 saturated carbocycles. The molecule has 0 radical (unpaired) electrons. The summed E-state index contributed by atoms with van der Waals surface area (Å²) < 4.78 is 10.4. The number of hydrogen-bond acceptors (Lipinski definition) is 6. The highest BCUT2D eigenvalue weighted by Crippen LogP contribution is 2.08. The second kappa shape index (κ2) is 12.7. The maximum Gasteiger partial charge on any atom is 0.329 e. The van der Waals surface area contributed by atoms with Gasteiger partial charge in [0.15, 0.2) is 0 Å². The molecular weight excluding hydrogens is 416 g/mol. The summed E-state index contributed by atoms with van der Waals surface area (Å²) in [5.41, 5.74) is 1.57. The number of rotatable bonds is 11. The lowest BCUT2D eigenvalue weighted by Crippen LogP contribution is -2.50. The van der Waals surface area contributed by atoms with Crippen molar-refractivity contribution in [2.75, 3.05) is 0 Å². The molecule has 2 atom stereocenters. The van der Waals surface area contributed by atoms with Gasteiger partial charge in [-0.3, -0.25) is 9.59 Å². The third kappa shape index (κ3) is 8.86. The Labute approximate surface area is 185 Å². The van der Waals surface area contributed by atoms with Crippen molar-refractivity contribution >= 4 is 23.9 Å². The molecule has 170 valence electrons. The van der Waals surface area contributed by atoms with Gasteiger partial charge in [0.2, 0.25) is 0 Å². The second-order valence-electron chi connectivity index (χ2n) is 7.01. The van der Waals surface area contributed by atoms with E-state index in [-0.39, 0.29) is 26.1 Å². The van der Waals surface area contributed by atoms with Crippen molar-refractivity contribution in [1.29, 1.82) is 0 Å². The van der Waals surface area contributed by atoms with Crippen LogP contribution in [0.3, 0.4) is 0 Å². The molecule has 0 fully saturated rings. The predicted molar refractivity (Wildman–Crippen MR) is 114 cm³/mol. The first kappa shape index (κ1) is 24.4. The first-order valence-corrected chi connectivity index (χ1v) is 10.0. The summed E-state index contributed by atoms with van der Waals surface area (Å²) >= 11 is 0. The topological polar surface area (TPSA) is 131 Å². The van der Waals surface area contributed by atoms with Crippen LogP contribution in [-0.2, 0) is 37.1 Å². The van der Waals surface area contributed by atoms with Crippen LogP contribution in [-0.4, -0.2) is 41.1 Å². The Bertz CT molecular complexity index is 903. The van der Waals surface area contributed by atoms with E-state index in [4.69, 9.17) is 14.6 Å². The lowest BCUT2D eigenvalue weighted by molar-refractivity contribution is -0.148. The Balaban J connectivity index is 1.92. The molecule has 2 rings (SSSR count). The van der Waals surface area contributed by atoms with Crippen molar-refractivity contribution in [2.24, 2.45) is 0 Å². The molecule has 2 aromatic rings. The number of carbonyl (C=O) groups excluding carboxylic acids is 3. The molecule has 0 aliphatic heterocycles. The van der Waals surface area contributed by atoms with Crippen molar-refractivity contribution in [2.45, 2.75) is 45.1 Å². The van der Waals surface area contributed by atoms with Crippen molar-refractivity contribution < 1.29 is 33.8 Å². The minimum absolute atomic E-state index is 0.0105. The van der Waals surface area contributed by atoms with Gasteiger partial charge in [-0.2, -0.15) is 0 Å². The summed E-state index contributed by atoms with van der Waals surface area (Å²) in [6, 6.07) is 14.9. The van der Waals surface area contributed by atoms with Crippen LogP contribution in [0.15, 0.2) is 60.7 Å². The Hall–Kier alpha value is -3.88. The van der Waals surface area contributed by atoms with Gasteiger partial charge in [-0.1, -0.05) is 60.7 Å². The van der Waals surface area contributed by atoms with Gasteiger partial charge in [0.25, 0.3) is 0 Å². The Morgan fingerprint density at radius 2 is 1.38 bits per heavy atom. The number of amides is 2. The Morgan fingerprint density at radius 1 is 0.844 bits per heavy atom. The molecule has 0 aliphatic rings. The zero-order valence-corrected chi connectivity index (χ0v) is 17.7. The quantitative estimate of drug-likeness (QED) is 0.455. The van der Waals surface area contributed by atoms with Crippen molar-refractivity contribution in [3.63, 3.8) is 0 Å². The minimum atomic E-state index is -1.23. The van der Waals surface area contributed by atoms with Crippen molar-refractivity contribution in [1.82, 2.24) is 10.6 Å². The van der Waals surface area contributed by atoms with Gasteiger partial charge in [0.05, 0.1) is 0 Å². The van der Waals surface area contributed by atoms with Gasteiger partial charge in [-0.25, -0.2) is 9.59 Å². The van der Waals surface area contributed by atoms with E-state index in [0.717, 1.165) is 11.1 Å². The summed E-state index contributed by atoms with van der Waals surface area (Å²) in [5.74, 6) is -2.52. The number of benzene rings is 2. The number of aliphatic carboxylic acids is 1. The predicted octanol–water partition coefficient (Wildman–Crippen LogP) is 2.39. The number of nitrogens with one attached hydrogen (secondary N) is 2. The molecule has 2 aromatic carbocycles. The first-order chi connectivity index (χ1) is 15.3. The number of esters is 2. The number of urea groups is 1. The molecule has 0 aliphatic carbocycles. The largest absolute Gasteiger partial charge is 0.480 e. The van der Waals surface area contributed by atoms with E-state index in [2.05, 4.69) is 10.6 Å². The summed E-state index contributed by atoms with van der Waals surface area (Å²) in [5, 5.41) is 13.5. The summed E-state index contributed by atoms with van der Waals surface area (Å²) in [6.45, 7) is 1.36. The molecule has 32 heavy (non-hydrogen) atoms. The average molecular weight is 442 g/mol. The van der Waals surface area contributed by atoms with E-state index in [1.165, 1.54) is 6.92 Å². The molecule has 3 N–H and O–H groups in total. The summed E-state index contributed by atoms with van der Waals surface area (Å²) in [4.78, 5) is 47.6. The van der Waals surface area contributed by atoms with Crippen LogP contribution in [0, 0.1) is 0 Å². The zero-order chi connectivity index (χ0) is 23.3. The highest BCUT2D eigenvalue weighted by atomic mass is 16.5. The van der Waals surface area contributed by atoms with Gasteiger partial charge in [-0.15, -0.1) is 0 Å². The molecule has 0 bridgehead atoms. The fourth-order valence-corrected chi connectivity index (χ4v) is 2.61. The van der Waals surface area contributed by atoms with E-state index in [0.29, 0.717) is 0 Å². The third-order valence-corrected chi connectivity index (χ3v) is 4.41. The second-order valence-corrected chi connectivity index (χ2v) is 7.01. The maximum absolute atomic E-state index is 12.5. The zero-order valence-electron chi connectivity index (χ0n) is 17.7. The molecule has 2 amide bonds. The highest BCUT2D eigenvalue weighted by molar-refractivity contribution is 5.86. The standard InChI is InChI=1S/C23H26N2O7/c1-16(21(27)28)24-23(30)25-19(22(29)32-15-18-10-6-3-7-11-18)12-13-20(26)31-14-17-8-4-2-5-9-17/h2-11,16,19H,12-15H2,1H3,(H,27,28)(H2,24,25,30)/t16?,19-/m0/s1. The molecule has 9 heteroatoms. The first-order valence-electron chi connectivity index (χ1n) is 10.0. The smallest absolute Gasteiger partial charge is 0.329 e. The number of carbonyl (C=O) groups is 4. The lowest BCUT2D eigenvalue weighted by atomic mass is 10.1. The molecule has 0 spiro atoms. The highest BCUT2D eigenvalue weighted by Gasteiger charge is 2.25. The summed E-state index contributed by atoms with van der Waals surface area (Å²) in [6.07, 6.45) is -0.219. The lowest BCUT2D eigenvalue weighted by Gasteiger charge is -2.19. The molecular formula is C23H26N2O7. The van der Waals surface area contributed by atoms with Gasteiger partial charge < -0.3 is 25.2 Å².